The summed E-state index contributed by atoms with van der Waals surface area (Å²) in [6, 6.07) is 7.72. The van der Waals surface area contributed by atoms with Crippen LogP contribution in [0.2, 0.25) is 0 Å². The van der Waals surface area contributed by atoms with Gasteiger partial charge in [0.1, 0.15) is 0 Å². The molecule has 0 spiro atoms. The van der Waals surface area contributed by atoms with E-state index in [1.54, 1.807) is 12.1 Å². The number of para-hydroxylation sites is 1. The molecule has 1 N–H and O–H groups in total. The zero-order valence-corrected chi connectivity index (χ0v) is 15.7. The molecule has 27 heavy (non-hydrogen) atoms. The van der Waals surface area contributed by atoms with E-state index in [4.69, 9.17) is 0 Å². The van der Waals surface area contributed by atoms with Gasteiger partial charge in [0.15, 0.2) is 0 Å². The van der Waals surface area contributed by atoms with Crippen LogP contribution in [0.4, 0.5) is 10.5 Å². The predicted octanol–water partition coefficient (Wildman–Crippen LogP) is 1.83. The van der Waals surface area contributed by atoms with Gasteiger partial charge in [-0.3, -0.25) is 24.7 Å². The minimum Gasteiger partial charge on any atom is -0.335 e. The molecule has 0 unspecified atom stereocenters. The number of imide groups is 1. The highest BCUT2D eigenvalue weighted by Gasteiger charge is 2.39. The van der Waals surface area contributed by atoms with Gasteiger partial charge in [0.25, 0.3) is 5.91 Å². The van der Waals surface area contributed by atoms with E-state index >= 15 is 0 Å². The summed E-state index contributed by atoms with van der Waals surface area (Å²) in [7, 11) is 0. The number of carbonyl (C=O) groups excluding carboxylic acids is 3. The Hall–Kier alpha value is -2.41. The summed E-state index contributed by atoms with van der Waals surface area (Å²) in [5, 5.41) is 2.32. The van der Waals surface area contributed by atoms with Gasteiger partial charge in [-0.15, -0.1) is 0 Å². The lowest BCUT2D eigenvalue weighted by Gasteiger charge is -2.49. The largest absolute Gasteiger partial charge is 0.335 e. The number of nitrogens with one attached hydrogen (secondary N) is 1. The fourth-order valence-corrected chi connectivity index (χ4v) is 4.35. The van der Waals surface area contributed by atoms with Crippen molar-refractivity contribution in [3.63, 3.8) is 0 Å². The van der Waals surface area contributed by atoms with Crippen molar-refractivity contribution in [2.24, 2.45) is 0 Å². The first-order chi connectivity index (χ1) is 13.0. The first-order valence-corrected chi connectivity index (χ1v) is 9.80. The minimum absolute atomic E-state index is 0.0452. The molecule has 1 aromatic rings. The molecule has 0 aromatic heterocycles. The lowest BCUT2D eigenvalue weighted by Crippen LogP contribution is -2.63. The van der Waals surface area contributed by atoms with E-state index in [1.807, 2.05) is 17.0 Å². The average Bonchev–Trinajstić information content (AvgIpc) is 2.62. The van der Waals surface area contributed by atoms with E-state index in [0.29, 0.717) is 29.9 Å². The number of piperidine rings is 1. The second-order valence-corrected chi connectivity index (χ2v) is 7.72. The number of anilines is 1. The Morgan fingerprint density at radius 2 is 1.89 bits per heavy atom. The maximum absolute atomic E-state index is 13.1. The summed E-state index contributed by atoms with van der Waals surface area (Å²) in [5.74, 6) is -0.322. The summed E-state index contributed by atoms with van der Waals surface area (Å²) in [6.07, 6.45) is 4.00. The number of benzene rings is 1. The molecule has 7 nitrogen and oxygen atoms in total. The average molecular weight is 370 g/mol. The minimum atomic E-state index is -0.463. The summed E-state index contributed by atoms with van der Waals surface area (Å²) < 4.78 is 0. The monoisotopic (exact) mass is 370 g/mol. The molecule has 3 saturated heterocycles. The molecule has 3 fully saturated rings. The number of hydrogen-bond acceptors (Lipinski definition) is 4. The van der Waals surface area contributed by atoms with Crippen molar-refractivity contribution in [3.8, 4) is 0 Å². The summed E-state index contributed by atoms with van der Waals surface area (Å²) >= 11 is 0. The van der Waals surface area contributed by atoms with E-state index in [9.17, 15) is 14.4 Å². The number of carbonyl (C=O) groups is 3. The summed E-state index contributed by atoms with van der Waals surface area (Å²) in [4.78, 5) is 42.5. The predicted molar refractivity (Wildman–Crippen MR) is 102 cm³/mol. The molecule has 4 rings (SSSR count). The first-order valence-electron chi connectivity index (χ1n) is 9.80. The Kier molecular flexibility index (Phi) is 4.86. The molecule has 3 heterocycles. The van der Waals surface area contributed by atoms with Crippen LogP contribution in [-0.4, -0.2) is 65.9 Å². The number of urea groups is 1. The summed E-state index contributed by atoms with van der Waals surface area (Å²) in [5.41, 5.74) is 1.09. The van der Waals surface area contributed by atoms with Crippen molar-refractivity contribution in [1.82, 2.24) is 15.1 Å². The Bertz CT molecular complexity index is 759. The van der Waals surface area contributed by atoms with Crippen molar-refractivity contribution in [2.45, 2.75) is 44.7 Å². The van der Waals surface area contributed by atoms with Crippen molar-refractivity contribution < 1.29 is 14.4 Å². The molecule has 3 aliphatic heterocycles. The van der Waals surface area contributed by atoms with Crippen LogP contribution in [0.5, 0.6) is 0 Å². The van der Waals surface area contributed by atoms with Crippen molar-refractivity contribution >= 4 is 23.5 Å². The molecule has 0 aliphatic carbocycles. The molecule has 0 radical (unpaired) electrons. The van der Waals surface area contributed by atoms with Crippen LogP contribution in [0, 0.1) is 0 Å². The van der Waals surface area contributed by atoms with E-state index in [1.165, 1.54) is 24.2 Å². The topological polar surface area (TPSA) is 73.0 Å². The highest BCUT2D eigenvalue weighted by molar-refractivity contribution is 6.09. The summed E-state index contributed by atoms with van der Waals surface area (Å²) in [6.45, 7) is 5.16. The van der Waals surface area contributed by atoms with Gasteiger partial charge in [-0.1, -0.05) is 18.6 Å². The lowest BCUT2D eigenvalue weighted by atomic mass is 9.96. The fraction of sp³-hybridized carbons (Fsp3) is 0.550. The number of likely N-dealkylation sites (tertiary alicyclic amines) is 2. The van der Waals surface area contributed by atoms with Gasteiger partial charge in [-0.05, 0) is 38.4 Å². The van der Waals surface area contributed by atoms with Crippen LogP contribution in [0.1, 0.15) is 43.0 Å². The van der Waals surface area contributed by atoms with Crippen LogP contribution < -0.4 is 10.2 Å². The molecule has 0 saturated carbocycles. The van der Waals surface area contributed by atoms with Gasteiger partial charge < -0.3 is 4.90 Å². The number of rotatable bonds is 3. The highest BCUT2D eigenvalue weighted by Crippen LogP contribution is 2.28. The molecule has 1 atom stereocenters. The third-order valence-corrected chi connectivity index (χ3v) is 5.95. The van der Waals surface area contributed by atoms with Gasteiger partial charge in [0.2, 0.25) is 5.91 Å². The van der Waals surface area contributed by atoms with Crippen molar-refractivity contribution in [1.29, 1.82) is 0 Å². The van der Waals surface area contributed by atoms with Crippen LogP contribution >= 0.6 is 0 Å². The molecule has 144 valence electrons. The third-order valence-electron chi connectivity index (χ3n) is 5.95. The molecular formula is C20H26N4O3. The quantitative estimate of drug-likeness (QED) is 0.881. The van der Waals surface area contributed by atoms with Crippen LogP contribution in [0.15, 0.2) is 24.3 Å². The molecule has 1 aromatic carbocycles. The zero-order valence-electron chi connectivity index (χ0n) is 15.7. The number of nitrogens with zero attached hydrogens (tertiary/aromatic N) is 3. The van der Waals surface area contributed by atoms with Crippen LogP contribution in [-0.2, 0) is 4.79 Å². The van der Waals surface area contributed by atoms with E-state index in [0.717, 1.165) is 19.6 Å². The standard InChI is InChI=1S/C20H26N4O3/c1-14-6-4-5-10-23(14)15-12-22(13-15)19(26)16-7-2-3-8-17(16)24-11-9-18(25)21-20(24)27/h2-3,7-8,14-15H,4-6,9-13H2,1H3,(H,21,25,27)/t14-/m0/s1. The highest BCUT2D eigenvalue weighted by atomic mass is 16.2. The molecular weight excluding hydrogens is 344 g/mol. The van der Waals surface area contributed by atoms with E-state index in [-0.39, 0.29) is 18.2 Å². The normalized spacial score (nSPS) is 24.6. The Balaban J connectivity index is 1.46. The Morgan fingerprint density at radius 1 is 1.11 bits per heavy atom. The zero-order chi connectivity index (χ0) is 19.0. The second-order valence-electron chi connectivity index (χ2n) is 7.72. The lowest BCUT2D eigenvalue weighted by molar-refractivity contribution is -0.120. The van der Waals surface area contributed by atoms with Crippen LogP contribution in [0.25, 0.3) is 0 Å². The van der Waals surface area contributed by atoms with Gasteiger partial charge >= 0.3 is 6.03 Å². The van der Waals surface area contributed by atoms with Crippen molar-refractivity contribution in [3.05, 3.63) is 29.8 Å². The molecule has 4 amide bonds. The number of amides is 4. The van der Waals surface area contributed by atoms with E-state index < -0.39 is 6.03 Å². The third kappa shape index (κ3) is 3.43. The van der Waals surface area contributed by atoms with Gasteiger partial charge in [-0.25, -0.2) is 4.79 Å². The molecule has 3 aliphatic rings. The Morgan fingerprint density at radius 3 is 2.63 bits per heavy atom. The van der Waals surface area contributed by atoms with Gasteiger partial charge in [-0.2, -0.15) is 0 Å². The fourth-order valence-electron chi connectivity index (χ4n) is 4.35. The van der Waals surface area contributed by atoms with Crippen molar-refractivity contribution in [2.75, 3.05) is 31.1 Å². The van der Waals surface area contributed by atoms with Gasteiger partial charge in [0, 0.05) is 38.1 Å². The van der Waals surface area contributed by atoms with E-state index in [2.05, 4.69) is 17.1 Å². The second kappa shape index (κ2) is 7.31. The van der Waals surface area contributed by atoms with Gasteiger partial charge in [0.05, 0.1) is 11.3 Å². The maximum atomic E-state index is 13.1. The Labute approximate surface area is 159 Å². The number of hydrogen-bond donors (Lipinski definition) is 1. The first kappa shape index (κ1) is 18.0. The molecule has 0 bridgehead atoms. The molecule has 7 heteroatoms. The maximum Gasteiger partial charge on any atom is 0.328 e. The van der Waals surface area contributed by atoms with Crippen LogP contribution in [0.3, 0.4) is 0 Å². The SMILES string of the molecule is C[C@H]1CCCCN1C1CN(C(=O)c2ccccc2N2CCC(=O)NC2=O)C1. The smallest absolute Gasteiger partial charge is 0.328 e.